The molecule has 0 bridgehead atoms. The minimum Gasteiger partial charge on any atom is -0.381 e. The van der Waals surface area contributed by atoms with Gasteiger partial charge in [-0.25, -0.2) is 0 Å². The molecule has 0 aromatic rings. The molecule has 1 heteroatoms. The molecule has 118 valence electrons. The second-order valence-corrected chi connectivity index (χ2v) is 7.83. The lowest BCUT2D eigenvalue weighted by atomic mass is 9.75. The van der Waals surface area contributed by atoms with Gasteiger partial charge in [-0.1, -0.05) is 46.0 Å². The highest BCUT2D eigenvalue weighted by Crippen LogP contribution is 2.36. The molecule has 0 spiro atoms. The van der Waals surface area contributed by atoms with Crippen LogP contribution in [0.2, 0.25) is 0 Å². The topological polar surface area (TPSA) is 9.23 Å². The molecule has 0 amide bonds. The van der Waals surface area contributed by atoms with E-state index in [1.54, 1.807) is 0 Å². The predicted molar refractivity (Wildman–Crippen MR) is 86.9 cm³/mol. The van der Waals surface area contributed by atoms with E-state index in [2.05, 4.69) is 13.8 Å². The third-order valence-corrected chi connectivity index (χ3v) is 6.19. The van der Waals surface area contributed by atoms with Gasteiger partial charge in [0.05, 0.1) is 6.10 Å². The summed E-state index contributed by atoms with van der Waals surface area (Å²) in [5.74, 6) is 4.00. The van der Waals surface area contributed by atoms with Gasteiger partial charge in [-0.3, -0.25) is 0 Å². The molecule has 0 radical (unpaired) electrons. The van der Waals surface area contributed by atoms with Gasteiger partial charge in [0.15, 0.2) is 0 Å². The molecule has 0 saturated heterocycles. The van der Waals surface area contributed by atoms with Crippen molar-refractivity contribution in [1.29, 1.82) is 0 Å². The van der Waals surface area contributed by atoms with E-state index in [-0.39, 0.29) is 0 Å². The minimum absolute atomic E-state index is 0.567. The molecule has 0 atom stereocenters. The van der Waals surface area contributed by atoms with Crippen molar-refractivity contribution in [3.63, 3.8) is 0 Å². The first kappa shape index (κ1) is 16.3. The molecule has 0 aromatic carbocycles. The molecular weight excluding hydrogens is 244 g/mol. The standard InChI is InChI=1S/C19H36O/c1-15(2)18-11-7-16(8-12-18)5-4-6-17-9-13-19(20-3)14-10-17/h15-19H,4-14H2,1-3H3. The number of hydrogen-bond acceptors (Lipinski definition) is 1. The molecule has 1 nitrogen and oxygen atoms in total. The Hall–Kier alpha value is -0.0400. The first-order valence-electron chi connectivity index (χ1n) is 9.21. The first-order chi connectivity index (χ1) is 9.69. The Morgan fingerprint density at radius 3 is 1.75 bits per heavy atom. The summed E-state index contributed by atoms with van der Waals surface area (Å²) >= 11 is 0. The molecule has 2 aliphatic carbocycles. The fraction of sp³-hybridized carbons (Fsp3) is 1.00. The van der Waals surface area contributed by atoms with Crippen molar-refractivity contribution >= 4 is 0 Å². The van der Waals surface area contributed by atoms with Gasteiger partial charge in [-0.05, 0) is 62.2 Å². The van der Waals surface area contributed by atoms with Crippen LogP contribution in [-0.4, -0.2) is 13.2 Å². The summed E-state index contributed by atoms with van der Waals surface area (Å²) in [5, 5.41) is 0. The van der Waals surface area contributed by atoms with Crippen molar-refractivity contribution in [2.45, 2.75) is 90.6 Å². The summed E-state index contributed by atoms with van der Waals surface area (Å²) in [6, 6.07) is 0. The highest BCUT2D eigenvalue weighted by atomic mass is 16.5. The van der Waals surface area contributed by atoms with Gasteiger partial charge < -0.3 is 4.74 Å². The van der Waals surface area contributed by atoms with Gasteiger partial charge in [-0.15, -0.1) is 0 Å². The Morgan fingerprint density at radius 2 is 1.30 bits per heavy atom. The van der Waals surface area contributed by atoms with Crippen LogP contribution in [0.1, 0.15) is 84.5 Å². The highest BCUT2D eigenvalue weighted by molar-refractivity contribution is 4.76. The van der Waals surface area contributed by atoms with E-state index in [1.165, 1.54) is 70.6 Å². The van der Waals surface area contributed by atoms with Crippen LogP contribution in [0.25, 0.3) is 0 Å². The van der Waals surface area contributed by atoms with Crippen molar-refractivity contribution in [1.82, 2.24) is 0 Å². The maximum Gasteiger partial charge on any atom is 0.0571 e. The number of methoxy groups -OCH3 is 1. The molecule has 0 unspecified atom stereocenters. The Labute approximate surface area is 126 Å². The summed E-state index contributed by atoms with van der Waals surface area (Å²) in [6.45, 7) is 4.81. The molecule has 0 aliphatic heterocycles. The van der Waals surface area contributed by atoms with Crippen molar-refractivity contribution in [3.8, 4) is 0 Å². The lowest BCUT2D eigenvalue weighted by molar-refractivity contribution is 0.0548. The normalized spacial score (nSPS) is 35.4. The third kappa shape index (κ3) is 5.06. The third-order valence-electron chi connectivity index (χ3n) is 6.19. The number of ether oxygens (including phenoxy) is 1. The van der Waals surface area contributed by atoms with Crippen LogP contribution in [0.5, 0.6) is 0 Å². The van der Waals surface area contributed by atoms with Crippen molar-refractivity contribution in [3.05, 3.63) is 0 Å². The second-order valence-electron chi connectivity index (χ2n) is 7.83. The Kier molecular flexibility index (Phi) is 6.87. The molecule has 0 heterocycles. The average Bonchev–Trinajstić information content (AvgIpc) is 2.48. The fourth-order valence-electron chi connectivity index (χ4n) is 4.50. The number of rotatable bonds is 6. The van der Waals surface area contributed by atoms with Gasteiger partial charge in [-0.2, -0.15) is 0 Å². The molecular formula is C19H36O. The molecule has 0 N–H and O–H groups in total. The molecule has 2 aliphatic rings. The number of hydrogen-bond donors (Lipinski definition) is 0. The summed E-state index contributed by atoms with van der Waals surface area (Å²) in [6.07, 6.45) is 16.5. The van der Waals surface area contributed by atoms with Gasteiger partial charge in [0.2, 0.25) is 0 Å². The average molecular weight is 280 g/mol. The zero-order valence-corrected chi connectivity index (χ0v) is 14.1. The zero-order chi connectivity index (χ0) is 14.4. The summed E-state index contributed by atoms with van der Waals surface area (Å²) in [5.41, 5.74) is 0. The van der Waals surface area contributed by atoms with E-state index in [0.717, 1.165) is 23.7 Å². The summed E-state index contributed by atoms with van der Waals surface area (Å²) in [4.78, 5) is 0. The van der Waals surface area contributed by atoms with Crippen LogP contribution in [0.4, 0.5) is 0 Å². The smallest absolute Gasteiger partial charge is 0.0571 e. The molecule has 2 saturated carbocycles. The quantitative estimate of drug-likeness (QED) is 0.595. The maximum absolute atomic E-state index is 5.47. The lowest BCUT2D eigenvalue weighted by Crippen LogP contribution is -2.21. The Balaban J connectivity index is 1.54. The van der Waals surface area contributed by atoms with E-state index in [4.69, 9.17) is 4.74 Å². The van der Waals surface area contributed by atoms with Crippen LogP contribution >= 0.6 is 0 Å². The fourth-order valence-corrected chi connectivity index (χ4v) is 4.50. The van der Waals surface area contributed by atoms with Gasteiger partial charge >= 0.3 is 0 Å². The van der Waals surface area contributed by atoms with E-state index in [1.807, 2.05) is 7.11 Å². The summed E-state index contributed by atoms with van der Waals surface area (Å²) < 4.78 is 5.47. The molecule has 0 aromatic heterocycles. The van der Waals surface area contributed by atoms with E-state index in [0.29, 0.717) is 6.10 Å². The summed E-state index contributed by atoms with van der Waals surface area (Å²) in [7, 11) is 1.87. The van der Waals surface area contributed by atoms with Gasteiger partial charge in [0.1, 0.15) is 0 Å². The Bertz CT molecular complexity index is 244. The van der Waals surface area contributed by atoms with E-state index >= 15 is 0 Å². The molecule has 20 heavy (non-hydrogen) atoms. The first-order valence-corrected chi connectivity index (χ1v) is 9.21. The van der Waals surface area contributed by atoms with Crippen molar-refractivity contribution in [2.24, 2.45) is 23.7 Å². The van der Waals surface area contributed by atoms with Crippen molar-refractivity contribution in [2.75, 3.05) is 7.11 Å². The van der Waals surface area contributed by atoms with Crippen LogP contribution in [0.3, 0.4) is 0 Å². The van der Waals surface area contributed by atoms with E-state index in [9.17, 15) is 0 Å². The monoisotopic (exact) mass is 280 g/mol. The molecule has 2 fully saturated rings. The van der Waals surface area contributed by atoms with Crippen LogP contribution in [0, 0.1) is 23.7 Å². The maximum atomic E-state index is 5.47. The second kappa shape index (κ2) is 8.41. The molecule has 2 rings (SSSR count). The van der Waals surface area contributed by atoms with Crippen LogP contribution < -0.4 is 0 Å². The SMILES string of the molecule is COC1CCC(CCCC2CCC(C(C)C)CC2)CC1. The van der Waals surface area contributed by atoms with Gasteiger partial charge in [0.25, 0.3) is 0 Å². The zero-order valence-electron chi connectivity index (χ0n) is 14.1. The van der Waals surface area contributed by atoms with E-state index < -0.39 is 0 Å². The highest BCUT2D eigenvalue weighted by Gasteiger charge is 2.24. The lowest BCUT2D eigenvalue weighted by Gasteiger charge is -2.31. The largest absolute Gasteiger partial charge is 0.381 e. The Morgan fingerprint density at radius 1 is 0.800 bits per heavy atom. The minimum atomic E-state index is 0.567. The van der Waals surface area contributed by atoms with Crippen LogP contribution in [0.15, 0.2) is 0 Å². The predicted octanol–water partition coefficient (Wildman–Crippen LogP) is 5.82. The van der Waals surface area contributed by atoms with Crippen molar-refractivity contribution < 1.29 is 4.74 Å². The van der Waals surface area contributed by atoms with Gasteiger partial charge in [0, 0.05) is 7.11 Å². The van der Waals surface area contributed by atoms with Crippen LogP contribution in [-0.2, 0) is 4.74 Å².